The van der Waals surface area contributed by atoms with Crippen LogP contribution in [0, 0.1) is 36.4 Å². The van der Waals surface area contributed by atoms with Crippen LogP contribution in [0.3, 0.4) is 0 Å². The number of rotatable bonds is 16. The van der Waals surface area contributed by atoms with Gasteiger partial charge in [0.05, 0.1) is 32.0 Å². The van der Waals surface area contributed by atoms with Gasteiger partial charge >= 0.3 is 5.97 Å². The van der Waals surface area contributed by atoms with E-state index in [0.717, 1.165) is 67.1 Å². The van der Waals surface area contributed by atoms with Gasteiger partial charge in [-0.3, -0.25) is 4.79 Å². The number of benzene rings is 2. The molecule has 2 fully saturated rings. The number of aryl methyl sites for hydroxylation is 2. The van der Waals surface area contributed by atoms with Gasteiger partial charge in [-0.1, -0.05) is 63.3 Å². The Hall–Kier alpha value is -3.13. The van der Waals surface area contributed by atoms with Gasteiger partial charge in [0.15, 0.2) is 0 Å². The monoisotopic (exact) mass is 678 g/mol. The highest BCUT2D eigenvalue weighted by Crippen LogP contribution is 2.45. The van der Waals surface area contributed by atoms with Crippen molar-refractivity contribution in [3.8, 4) is 11.1 Å². The number of aliphatic hydroxyl groups is 2. The number of esters is 1. The van der Waals surface area contributed by atoms with E-state index in [-0.39, 0.29) is 36.1 Å². The summed E-state index contributed by atoms with van der Waals surface area (Å²) in [6.45, 7) is 11.4. The molecule has 0 spiro atoms. The Morgan fingerprint density at radius 2 is 1.61 bits per heavy atom. The van der Waals surface area contributed by atoms with Crippen LogP contribution in [0.2, 0.25) is 0 Å². The molecule has 0 saturated heterocycles. The molecule has 0 radical (unpaired) electrons. The lowest BCUT2D eigenvalue weighted by atomic mass is 9.67. The standard InChI is InChI=1S/C38H53FO4.C4H6O2/c1-5-6-7-8-32-17-18-34(22-37(32)39)36-20-19-33(21-26(36)2)30-13-9-28(10-14-30)29-11-15-31(16-12-29)35(24-42-4)25-43-38(41)27(3)23-40;1-4(2-5)3-6/h17-22,28-31,35,40H,3,5-16,23-25H2,1-2,4H3;2,6H,1,3H2. The molecule has 1 unspecified atom stereocenters. The predicted octanol–water partition coefficient (Wildman–Crippen LogP) is 8.70. The molecule has 0 aromatic heterocycles. The van der Waals surface area contributed by atoms with E-state index in [9.17, 15) is 14.0 Å². The van der Waals surface area contributed by atoms with E-state index in [4.69, 9.17) is 19.7 Å². The molecule has 1 atom stereocenters. The van der Waals surface area contributed by atoms with Crippen LogP contribution >= 0.6 is 0 Å². The second-order valence-electron chi connectivity index (χ2n) is 14.1. The number of carbonyl (C=O) groups is 2. The fourth-order valence-electron chi connectivity index (χ4n) is 7.68. The number of hydrogen-bond acceptors (Lipinski definition) is 6. The second-order valence-corrected chi connectivity index (χ2v) is 14.1. The maximum atomic E-state index is 14.8. The molecule has 0 bridgehead atoms. The summed E-state index contributed by atoms with van der Waals surface area (Å²) in [5.41, 5.74) is 5.91. The summed E-state index contributed by atoms with van der Waals surface area (Å²) in [4.78, 5) is 21.5. The van der Waals surface area contributed by atoms with Crippen molar-refractivity contribution in [2.24, 2.45) is 23.7 Å². The van der Waals surface area contributed by atoms with E-state index in [1.807, 2.05) is 6.07 Å². The average Bonchev–Trinajstić information content (AvgIpc) is 3.13. The van der Waals surface area contributed by atoms with E-state index in [0.29, 0.717) is 31.3 Å². The molecule has 2 aromatic rings. The summed E-state index contributed by atoms with van der Waals surface area (Å²) in [6, 6.07) is 12.6. The minimum Gasteiger partial charge on any atom is -0.462 e. The molecule has 6 nitrogen and oxygen atoms in total. The normalized spacial score (nSPS) is 21.2. The van der Waals surface area contributed by atoms with Crippen LogP contribution < -0.4 is 0 Å². The number of unbranched alkanes of at least 4 members (excludes halogenated alkanes) is 2. The van der Waals surface area contributed by atoms with Gasteiger partial charge in [-0.15, -0.1) is 0 Å². The van der Waals surface area contributed by atoms with Gasteiger partial charge in [-0.05, 0) is 129 Å². The number of methoxy groups -OCH3 is 1. The first-order chi connectivity index (χ1) is 23.6. The number of aldehydes is 1. The van der Waals surface area contributed by atoms with Crippen LogP contribution in [0.4, 0.5) is 4.39 Å². The summed E-state index contributed by atoms with van der Waals surface area (Å²) in [6.07, 6.45) is 14.5. The highest BCUT2D eigenvalue weighted by molar-refractivity contribution is 5.87. The molecule has 2 aliphatic carbocycles. The van der Waals surface area contributed by atoms with Crippen molar-refractivity contribution in [2.45, 2.75) is 96.8 Å². The van der Waals surface area contributed by atoms with Gasteiger partial charge < -0.3 is 19.7 Å². The number of halogens is 1. The Morgan fingerprint density at radius 1 is 0.939 bits per heavy atom. The summed E-state index contributed by atoms with van der Waals surface area (Å²) >= 11 is 0. The molecule has 2 aliphatic rings. The van der Waals surface area contributed by atoms with Gasteiger partial charge in [0.1, 0.15) is 12.1 Å². The molecule has 0 aliphatic heterocycles. The Labute approximate surface area is 293 Å². The third kappa shape index (κ3) is 12.3. The van der Waals surface area contributed by atoms with Crippen molar-refractivity contribution in [3.05, 3.63) is 83.2 Å². The smallest absolute Gasteiger partial charge is 0.335 e. The van der Waals surface area contributed by atoms with Gasteiger partial charge in [0, 0.05) is 18.6 Å². The summed E-state index contributed by atoms with van der Waals surface area (Å²) < 4.78 is 25.7. The zero-order chi connectivity index (χ0) is 35.8. The Kier molecular flexibility index (Phi) is 17.4. The average molecular weight is 679 g/mol. The zero-order valence-corrected chi connectivity index (χ0v) is 30.1. The third-order valence-corrected chi connectivity index (χ3v) is 10.7. The van der Waals surface area contributed by atoms with Crippen LogP contribution in [0.15, 0.2) is 60.7 Å². The number of hydrogen-bond donors (Lipinski definition) is 2. The van der Waals surface area contributed by atoms with Crippen LogP contribution in [-0.2, 0) is 25.5 Å². The zero-order valence-electron chi connectivity index (χ0n) is 30.1. The fourth-order valence-corrected chi connectivity index (χ4v) is 7.68. The first kappa shape index (κ1) is 40.3. The Bertz CT molecular complexity index is 1350. The summed E-state index contributed by atoms with van der Waals surface area (Å²) in [5, 5.41) is 17.1. The van der Waals surface area contributed by atoms with Crippen molar-refractivity contribution in [2.75, 3.05) is 33.5 Å². The molecule has 0 amide bonds. The van der Waals surface area contributed by atoms with Gasteiger partial charge in [-0.25, -0.2) is 9.18 Å². The highest BCUT2D eigenvalue weighted by atomic mass is 19.1. The molecule has 2 saturated carbocycles. The van der Waals surface area contributed by atoms with Crippen molar-refractivity contribution in [1.29, 1.82) is 0 Å². The van der Waals surface area contributed by atoms with Crippen LogP contribution in [0.5, 0.6) is 0 Å². The lowest BCUT2D eigenvalue weighted by Gasteiger charge is -2.39. The molecular formula is C42H59FO6. The third-order valence-electron chi connectivity index (χ3n) is 10.7. The van der Waals surface area contributed by atoms with Crippen LogP contribution in [0.25, 0.3) is 11.1 Å². The summed E-state index contributed by atoms with van der Waals surface area (Å²) in [5.74, 6) is 2.26. The lowest BCUT2D eigenvalue weighted by Crippen LogP contribution is -2.32. The maximum Gasteiger partial charge on any atom is 0.335 e. The van der Waals surface area contributed by atoms with E-state index < -0.39 is 5.97 Å². The van der Waals surface area contributed by atoms with Gasteiger partial charge in [0.2, 0.25) is 0 Å². The molecule has 2 aromatic carbocycles. The lowest BCUT2D eigenvalue weighted by molar-refractivity contribution is -0.142. The number of ether oxygens (including phenoxy) is 2. The van der Waals surface area contributed by atoms with E-state index in [2.05, 4.69) is 51.3 Å². The molecule has 2 N–H and O–H groups in total. The molecular weight excluding hydrogens is 619 g/mol. The van der Waals surface area contributed by atoms with Crippen LogP contribution in [0.1, 0.15) is 100 Å². The molecule has 0 heterocycles. The van der Waals surface area contributed by atoms with E-state index >= 15 is 0 Å². The highest BCUT2D eigenvalue weighted by Gasteiger charge is 2.34. The minimum atomic E-state index is -0.514. The maximum absolute atomic E-state index is 14.8. The SMILES string of the molecule is C=C(C=O)CO.C=C(CO)C(=O)OCC(COC)C1CCC(C2CCC(c3ccc(-c4ccc(CCCCC)c(F)c4)c(C)c3)CC2)CC1. The van der Waals surface area contributed by atoms with E-state index in [1.165, 1.54) is 49.7 Å². The van der Waals surface area contributed by atoms with E-state index in [1.54, 1.807) is 13.2 Å². The van der Waals surface area contributed by atoms with Crippen molar-refractivity contribution in [1.82, 2.24) is 0 Å². The molecule has 49 heavy (non-hydrogen) atoms. The largest absolute Gasteiger partial charge is 0.462 e. The first-order valence-electron chi connectivity index (χ1n) is 18.2. The number of aliphatic hydroxyl groups excluding tert-OH is 2. The number of carbonyl (C=O) groups excluding carboxylic acids is 2. The van der Waals surface area contributed by atoms with Gasteiger partial charge in [-0.2, -0.15) is 0 Å². The first-order valence-corrected chi connectivity index (χ1v) is 18.2. The van der Waals surface area contributed by atoms with Crippen molar-refractivity contribution >= 4 is 12.3 Å². The van der Waals surface area contributed by atoms with Gasteiger partial charge in [0.25, 0.3) is 0 Å². The van der Waals surface area contributed by atoms with Crippen molar-refractivity contribution in [3.63, 3.8) is 0 Å². The van der Waals surface area contributed by atoms with Crippen LogP contribution in [-0.4, -0.2) is 56.0 Å². The minimum absolute atomic E-state index is 0.0774. The Morgan fingerprint density at radius 3 is 2.14 bits per heavy atom. The second kappa shape index (κ2) is 21.2. The molecule has 270 valence electrons. The predicted molar refractivity (Wildman–Crippen MR) is 195 cm³/mol. The summed E-state index contributed by atoms with van der Waals surface area (Å²) in [7, 11) is 1.70. The molecule has 4 rings (SSSR count). The fraction of sp³-hybridized carbons (Fsp3) is 0.571. The quantitative estimate of drug-likeness (QED) is 0.0799. The Balaban J connectivity index is 0.000000992. The molecule has 7 heteroatoms. The van der Waals surface area contributed by atoms with Crippen molar-refractivity contribution < 1.29 is 33.7 Å². The topological polar surface area (TPSA) is 93.1 Å².